The van der Waals surface area contributed by atoms with Gasteiger partial charge in [0.15, 0.2) is 5.65 Å². The van der Waals surface area contributed by atoms with E-state index in [2.05, 4.69) is 27.4 Å². The molecule has 0 spiro atoms. The quantitative estimate of drug-likeness (QED) is 0.869. The van der Waals surface area contributed by atoms with Gasteiger partial charge in [-0.25, -0.2) is 9.97 Å². The second kappa shape index (κ2) is 5.97. The largest absolute Gasteiger partial charge is 0.381 e. The molecular formula is C17H24N4O. The number of hydrogen-bond acceptors (Lipinski definition) is 4. The first kappa shape index (κ1) is 14.2. The van der Waals surface area contributed by atoms with E-state index in [0.29, 0.717) is 11.8 Å². The second-order valence-corrected chi connectivity index (χ2v) is 6.54. The maximum atomic E-state index is 5.56. The molecule has 0 radical (unpaired) electrons. The summed E-state index contributed by atoms with van der Waals surface area (Å²) < 4.78 is 7.93. The van der Waals surface area contributed by atoms with Crippen LogP contribution in [0.25, 0.3) is 11.2 Å². The van der Waals surface area contributed by atoms with E-state index in [1.54, 1.807) is 0 Å². The molecule has 2 unspecified atom stereocenters. The van der Waals surface area contributed by atoms with Gasteiger partial charge in [0.05, 0.1) is 6.61 Å². The van der Waals surface area contributed by atoms with Crippen molar-refractivity contribution in [2.75, 3.05) is 32.8 Å². The lowest BCUT2D eigenvalue weighted by molar-refractivity contribution is 0.182. The van der Waals surface area contributed by atoms with E-state index in [4.69, 9.17) is 9.72 Å². The van der Waals surface area contributed by atoms with Crippen LogP contribution in [-0.4, -0.2) is 52.3 Å². The molecule has 0 aliphatic carbocycles. The standard InChI is InChI=1S/C17H24N4O/c1-2-20-8-5-14(11-20)16-19-15-4-3-7-18-17(15)21(16)10-13-6-9-22-12-13/h3-4,7,13-14H,2,5-6,8-12H2,1H3. The van der Waals surface area contributed by atoms with E-state index < -0.39 is 0 Å². The van der Waals surface area contributed by atoms with Crippen LogP contribution in [0.5, 0.6) is 0 Å². The van der Waals surface area contributed by atoms with Crippen LogP contribution in [-0.2, 0) is 11.3 Å². The Kier molecular flexibility index (Phi) is 3.84. The molecule has 0 N–H and O–H groups in total. The molecule has 118 valence electrons. The van der Waals surface area contributed by atoms with Crippen LogP contribution in [0.4, 0.5) is 0 Å². The molecule has 0 amide bonds. The van der Waals surface area contributed by atoms with Gasteiger partial charge in [0, 0.05) is 37.7 Å². The van der Waals surface area contributed by atoms with Gasteiger partial charge in [-0.2, -0.15) is 0 Å². The molecule has 5 heteroatoms. The normalized spacial score (nSPS) is 26.2. The minimum Gasteiger partial charge on any atom is -0.381 e. The van der Waals surface area contributed by atoms with Crippen molar-refractivity contribution in [3.8, 4) is 0 Å². The van der Waals surface area contributed by atoms with E-state index in [9.17, 15) is 0 Å². The summed E-state index contributed by atoms with van der Waals surface area (Å²) in [5, 5.41) is 0. The first-order chi connectivity index (χ1) is 10.8. The molecule has 2 aromatic heterocycles. The van der Waals surface area contributed by atoms with Crippen molar-refractivity contribution in [1.29, 1.82) is 0 Å². The SMILES string of the molecule is CCN1CCC(c2nc3cccnc3n2CC2CCOC2)C1. The van der Waals surface area contributed by atoms with Crippen LogP contribution >= 0.6 is 0 Å². The molecule has 2 aliphatic rings. The van der Waals surface area contributed by atoms with Gasteiger partial charge in [-0.05, 0) is 38.1 Å². The zero-order chi connectivity index (χ0) is 14.9. The average molecular weight is 300 g/mol. The number of pyridine rings is 1. The third-order valence-electron chi connectivity index (χ3n) is 5.08. The number of rotatable bonds is 4. The van der Waals surface area contributed by atoms with Gasteiger partial charge in [0.1, 0.15) is 11.3 Å². The van der Waals surface area contributed by atoms with E-state index in [1.807, 2.05) is 12.3 Å². The molecule has 2 aliphatic heterocycles. The highest BCUT2D eigenvalue weighted by Gasteiger charge is 2.29. The van der Waals surface area contributed by atoms with Gasteiger partial charge < -0.3 is 14.2 Å². The van der Waals surface area contributed by atoms with Crippen LogP contribution in [0.2, 0.25) is 0 Å². The number of likely N-dealkylation sites (N-methyl/N-ethyl adjacent to an activating group) is 1. The second-order valence-electron chi connectivity index (χ2n) is 6.54. The Balaban J connectivity index is 1.69. The van der Waals surface area contributed by atoms with Gasteiger partial charge >= 0.3 is 0 Å². The predicted molar refractivity (Wildman–Crippen MR) is 85.9 cm³/mol. The lowest BCUT2D eigenvalue weighted by Gasteiger charge is -2.17. The van der Waals surface area contributed by atoms with Crippen molar-refractivity contribution in [3.05, 3.63) is 24.2 Å². The predicted octanol–water partition coefficient (Wildman–Crippen LogP) is 2.28. The average Bonchev–Trinajstić information content (AvgIpc) is 3.27. The van der Waals surface area contributed by atoms with Gasteiger partial charge in [0.2, 0.25) is 0 Å². The monoisotopic (exact) mass is 300 g/mol. The summed E-state index contributed by atoms with van der Waals surface area (Å²) >= 11 is 0. The number of aromatic nitrogens is 3. The minimum absolute atomic E-state index is 0.538. The highest BCUT2D eigenvalue weighted by molar-refractivity contribution is 5.71. The maximum Gasteiger partial charge on any atom is 0.160 e. The van der Waals surface area contributed by atoms with E-state index in [-0.39, 0.29) is 0 Å². The molecule has 0 bridgehead atoms. The summed E-state index contributed by atoms with van der Waals surface area (Å²) in [6, 6.07) is 4.06. The van der Waals surface area contributed by atoms with Crippen molar-refractivity contribution in [1.82, 2.24) is 19.4 Å². The minimum atomic E-state index is 0.538. The fraction of sp³-hybridized carbons (Fsp3) is 0.647. The zero-order valence-corrected chi connectivity index (χ0v) is 13.2. The lowest BCUT2D eigenvalue weighted by atomic mass is 10.1. The van der Waals surface area contributed by atoms with E-state index >= 15 is 0 Å². The van der Waals surface area contributed by atoms with Crippen molar-refractivity contribution in [2.24, 2.45) is 5.92 Å². The molecule has 22 heavy (non-hydrogen) atoms. The summed E-state index contributed by atoms with van der Waals surface area (Å²) in [5.74, 6) is 2.37. The van der Waals surface area contributed by atoms with Crippen LogP contribution in [0.3, 0.4) is 0 Å². The van der Waals surface area contributed by atoms with Gasteiger partial charge in [-0.15, -0.1) is 0 Å². The first-order valence-electron chi connectivity index (χ1n) is 8.46. The zero-order valence-electron chi connectivity index (χ0n) is 13.2. The molecule has 2 atom stereocenters. The van der Waals surface area contributed by atoms with Crippen molar-refractivity contribution < 1.29 is 4.74 Å². The third kappa shape index (κ3) is 2.52. The smallest absolute Gasteiger partial charge is 0.160 e. The highest BCUT2D eigenvalue weighted by atomic mass is 16.5. The Morgan fingerprint density at radius 1 is 1.36 bits per heavy atom. The topological polar surface area (TPSA) is 43.2 Å². The molecular weight excluding hydrogens is 276 g/mol. The maximum absolute atomic E-state index is 5.56. The van der Waals surface area contributed by atoms with Crippen LogP contribution in [0.15, 0.2) is 18.3 Å². The Labute approximate surface area is 131 Å². The molecule has 0 aromatic carbocycles. The van der Waals surface area contributed by atoms with Crippen LogP contribution in [0.1, 0.15) is 31.5 Å². The number of imidazole rings is 1. The fourth-order valence-electron chi connectivity index (χ4n) is 3.78. The van der Waals surface area contributed by atoms with Crippen molar-refractivity contribution >= 4 is 11.2 Å². The Bertz CT molecular complexity index is 647. The summed E-state index contributed by atoms with van der Waals surface area (Å²) in [6.45, 7) is 8.44. The molecule has 2 saturated heterocycles. The van der Waals surface area contributed by atoms with Gasteiger partial charge in [-0.1, -0.05) is 6.92 Å². The summed E-state index contributed by atoms with van der Waals surface area (Å²) in [5.41, 5.74) is 2.07. The number of hydrogen-bond donors (Lipinski definition) is 0. The molecule has 4 heterocycles. The number of likely N-dealkylation sites (tertiary alicyclic amines) is 1. The summed E-state index contributed by atoms with van der Waals surface area (Å²) in [4.78, 5) is 12.1. The van der Waals surface area contributed by atoms with Crippen LogP contribution in [0, 0.1) is 5.92 Å². The van der Waals surface area contributed by atoms with Crippen molar-refractivity contribution in [2.45, 2.75) is 32.2 Å². The Morgan fingerprint density at radius 3 is 3.09 bits per heavy atom. The van der Waals surface area contributed by atoms with Crippen molar-refractivity contribution in [3.63, 3.8) is 0 Å². The molecule has 2 aromatic rings. The highest BCUT2D eigenvalue weighted by Crippen LogP contribution is 2.30. The molecule has 0 saturated carbocycles. The van der Waals surface area contributed by atoms with Gasteiger partial charge in [0.25, 0.3) is 0 Å². The van der Waals surface area contributed by atoms with Crippen LogP contribution < -0.4 is 0 Å². The Hall–Kier alpha value is -1.46. The van der Waals surface area contributed by atoms with E-state index in [1.165, 1.54) is 18.8 Å². The van der Waals surface area contributed by atoms with E-state index in [0.717, 1.165) is 50.4 Å². The number of nitrogens with zero attached hydrogens (tertiary/aromatic N) is 4. The third-order valence-corrected chi connectivity index (χ3v) is 5.08. The summed E-state index contributed by atoms with van der Waals surface area (Å²) in [6.07, 6.45) is 4.23. The van der Waals surface area contributed by atoms with Gasteiger partial charge in [-0.3, -0.25) is 0 Å². The molecule has 5 nitrogen and oxygen atoms in total. The summed E-state index contributed by atoms with van der Waals surface area (Å²) in [7, 11) is 0. The number of ether oxygens (including phenoxy) is 1. The number of fused-ring (bicyclic) bond motifs is 1. The molecule has 2 fully saturated rings. The molecule has 4 rings (SSSR count). The first-order valence-corrected chi connectivity index (χ1v) is 8.46. The lowest BCUT2D eigenvalue weighted by Crippen LogP contribution is -2.21. The fourth-order valence-corrected chi connectivity index (χ4v) is 3.78. The Morgan fingerprint density at radius 2 is 2.32 bits per heavy atom.